The van der Waals surface area contributed by atoms with Gasteiger partial charge in [-0.15, -0.1) is 0 Å². The Labute approximate surface area is 117 Å². The summed E-state index contributed by atoms with van der Waals surface area (Å²) in [5.74, 6) is 0.753. The summed E-state index contributed by atoms with van der Waals surface area (Å²) >= 11 is 0. The van der Waals surface area contributed by atoms with Crippen molar-refractivity contribution in [3.05, 3.63) is 0 Å². The molecule has 110 valence electrons. The van der Waals surface area contributed by atoms with Gasteiger partial charge in [-0.3, -0.25) is 0 Å². The average molecular weight is 267 g/mol. The molecule has 0 aromatic rings. The Morgan fingerprint density at radius 3 is 2.74 bits per heavy atom. The van der Waals surface area contributed by atoms with E-state index in [2.05, 4.69) is 19.2 Å². The predicted molar refractivity (Wildman–Crippen MR) is 76.0 cm³/mol. The van der Waals surface area contributed by atoms with Crippen LogP contribution in [0, 0.1) is 16.7 Å². The molecule has 3 rings (SSSR count). The molecule has 2 aliphatic carbocycles. The van der Waals surface area contributed by atoms with Crippen molar-refractivity contribution >= 4 is 0 Å². The van der Waals surface area contributed by atoms with Crippen LogP contribution in [0.4, 0.5) is 0 Å². The molecule has 1 saturated heterocycles. The van der Waals surface area contributed by atoms with Crippen molar-refractivity contribution < 1.29 is 9.84 Å². The van der Waals surface area contributed by atoms with E-state index in [1.54, 1.807) is 0 Å². The van der Waals surface area contributed by atoms with Crippen molar-refractivity contribution in [3.8, 4) is 0 Å². The van der Waals surface area contributed by atoms with Crippen molar-refractivity contribution in [2.45, 2.75) is 64.5 Å². The van der Waals surface area contributed by atoms with Gasteiger partial charge in [0.25, 0.3) is 0 Å². The molecule has 3 heteroatoms. The summed E-state index contributed by atoms with van der Waals surface area (Å²) in [4.78, 5) is 0. The highest BCUT2D eigenvalue weighted by Gasteiger charge is 2.64. The predicted octanol–water partition coefficient (Wildman–Crippen LogP) is 2.33. The summed E-state index contributed by atoms with van der Waals surface area (Å²) in [6.45, 7) is 6.77. The largest absolute Gasteiger partial charge is 0.396 e. The lowest BCUT2D eigenvalue weighted by Gasteiger charge is -2.57. The molecule has 0 amide bonds. The number of hydrogen-bond donors (Lipinski definition) is 2. The highest BCUT2D eigenvalue weighted by molar-refractivity contribution is 5.16. The molecule has 19 heavy (non-hydrogen) atoms. The molecular weight excluding hydrogens is 238 g/mol. The van der Waals surface area contributed by atoms with Crippen LogP contribution in [-0.4, -0.2) is 37.0 Å². The molecule has 3 aliphatic rings. The lowest BCUT2D eigenvalue weighted by molar-refractivity contribution is -0.132. The molecular formula is C16H29NO2. The Morgan fingerprint density at radius 2 is 2.05 bits per heavy atom. The highest BCUT2D eigenvalue weighted by atomic mass is 16.5. The topological polar surface area (TPSA) is 41.5 Å². The first-order chi connectivity index (χ1) is 9.09. The van der Waals surface area contributed by atoms with Gasteiger partial charge in [-0.1, -0.05) is 26.7 Å². The Morgan fingerprint density at radius 1 is 1.32 bits per heavy atom. The van der Waals surface area contributed by atoms with Gasteiger partial charge >= 0.3 is 0 Å². The Bertz CT molecular complexity index is 323. The van der Waals surface area contributed by atoms with Crippen molar-refractivity contribution in [1.82, 2.24) is 5.32 Å². The van der Waals surface area contributed by atoms with Crippen molar-refractivity contribution in [3.63, 3.8) is 0 Å². The highest BCUT2D eigenvalue weighted by Crippen LogP contribution is 2.60. The minimum Gasteiger partial charge on any atom is -0.396 e. The van der Waals surface area contributed by atoms with Gasteiger partial charge in [0, 0.05) is 37.1 Å². The zero-order chi connectivity index (χ0) is 13.5. The molecule has 2 saturated carbocycles. The number of nitrogens with one attached hydrogen (secondary N) is 1. The third kappa shape index (κ3) is 2.24. The molecule has 1 spiro atoms. The molecule has 0 aromatic carbocycles. The molecule has 0 radical (unpaired) electrons. The van der Waals surface area contributed by atoms with Crippen LogP contribution in [0.15, 0.2) is 0 Å². The summed E-state index contributed by atoms with van der Waals surface area (Å²) in [6.07, 6.45) is 8.14. The molecule has 1 aliphatic heterocycles. The van der Waals surface area contributed by atoms with E-state index in [0.29, 0.717) is 24.2 Å². The molecule has 1 heterocycles. The molecule has 3 nitrogen and oxygen atoms in total. The van der Waals surface area contributed by atoms with Crippen LogP contribution in [0.5, 0.6) is 0 Å². The number of aliphatic hydroxyl groups excluding tert-OH is 1. The first kappa shape index (κ1) is 13.8. The second-order valence-electron chi connectivity index (χ2n) is 7.68. The van der Waals surface area contributed by atoms with Gasteiger partial charge in [-0.2, -0.15) is 0 Å². The standard InChI is InChI=1S/C16H29NO2/c1-15(2,8-9-18)11-17-13-12-5-10-19-14(12)16(13)6-3-4-7-16/h12-14,17-18H,3-11H2,1-2H3. The Kier molecular flexibility index (Phi) is 3.65. The van der Waals surface area contributed by atoms with Crippen LogP contribution in [0.3, 0.4) is 0 Å². The monoisotopic (exact) mass is 267 g/mol. The minimum absolute atomic E-state index is 0.194. The smallest absolute Gasteiger partial charge is 0.0690 e. The maximum Gasteiger partial charge on any atom is 0.0690 e. The first-order valence-corrected chi connectivity index (χ1v) is 8.05. The van der Waals surface area contributed by atoms with Gasteiger partial charge in [-0.05, 0) is 31.1 Å². The normalized spacial score (nSPS) is 36.5. The molecule has 3 unspecified atom stereocenters. The SMILES string of the molecule is CC(C)(CCO)CNC1C2CCOC2C12CCCC2. The maximum absolute atomic E-state index is 9.15. The van der Waals surface area contributed by atoms with Crippen LogP contribution in [0.25, 0.3) is 0 Å². The summed E-state index contributed by atoms with van der Waals surface area (Å²) in [7, 11) is 0. The van der Waals surface area contributed by atoms with Gasteiger partial charge in [-0.25, -0.2) is 0 Å². The second kappa shape index (κ2) is 5.01. The van der Waals surface area contributed by atoms with Gasteiger partial charge in [0.15, 0.2) is 0 Å². The van der Waals surface area contributed by atoms with Gasteiger partial charge in [0.2, 0.25) is 0 Å². The van der Waals surface area contributed by atoms with Gasteiger partial charge in [0.1, 0.15) is 0 Å². The molecule has 0 bridgehead atoms. The fraction of sp³-hybridized carbons (Fsp3) is 1.00. The second-order valence-corrected chi connectivity index (χ2v) is 7.68. The van der Waals surface area contributed by atoms with Crippen molar-refractivity contribution in [2.24, 2.45) is 16.7 Å². The number of ether oxygens (including phenoxy) is 1. The molecule has 2 N–H and O–H groups in total. The van der Waals surface area contributed by atoms with Crippen LogP contribution >= 0.6 is 0 Å². The van der Waals surface area contributed by atoms with Crippen LogP contribution in [-0.2, 0) is 4.74 Å². The summed E-state index contributed by atoms with van der Waals surface area (Å²) in [6, 6.07) is 0.667. The lowest BCUT2D eigenvalue weighted by atomic mass is 9.54. The molecule has 3 fully saturated rings. The van der Waals surface area contributed by atoms with Crippen LogP contribution in [0.1, 0.15) is 52.4 Å². The number of fused-ring (bicyclic) bond motifs is 2. The molecule has 3 atom stereocenters. The Balaban J connectivity index is 1.63. The number of aliphatic hydroxyl groups is 1. The van der Waals surface area contributed by atoms with E-state index < -0.39 is 0 Å². The first-order valence-electron chi connectivity index (χ1n) is 8.05. The van der Waals surface area contributed by atoms with Crippen LogP contribution < -0.4 is 5.32 Å². The van der Waals surface area contributed by atoms with Crippen molar-refractivity contribution in [1.29, 1.82) is 0 Å². The summed E-state index contributed by atoms with van der Waals surface area (Å²) in [5, 5.41) is 13.0. The van der Waals surface area contributed by atoms with Gasteiger partial charge < -0.3 is 15.2 Å². The van der Waals surface area contributed by atoms with E-state index in [4.69, 9.17) is 9.84 Å². The fourth-order valence-electron chi connectivity index (χ4n) is 4.79. The average Bonchev–Trinajstić information content (AvgIpc) is 2.95. The minimum atomic E-state index is 0.194. The quantitative estimate of drug-likeness (QED) is 0.803. The number of rotatable bonds is 5. The lowest BCUT2D eigenvalue weighted by Crippen LogP contribution is -2.68. The van der Waals surface area contributed by atoms with E-state index in [9.17, 15) is 0 Å². The van der Waals surface area contributed by atoms with E-state index in [1.165, 1.54) is 32.1 Å². The Hall–Kier alpha value is -0.120. The van der Waals surface area contributed by atoms with E-state index >= 15 is 0 Å². The van der Waals surface area contributed by atoms with Gasteiger partial charge in [0.05, 0.1) is 6.10 Å². The summed E-state index contributed by atoms with van der Waals surface area (Å²) in [5.41, 5.74) is 0.648. The zero-order valence-corrected chi connectivity index (χ0v) is 12.5. The maximum atomic E-state index is 9.15. The molecule has 0 aromatic heterocycles. The third-order valence-electron chi connectivity index (χ3n) is 5.88. The van der Waals surface area contributed by atoms with Crippen molar-refractivity contribution in [2.75, 3.05) is 19.8 Å². The van der Waals surface area contributed by atoms with Crippen LogP contribution in [0.2, 0.25) is 0 Å². The fourth-order valence-corrected chi connectivity index (χ4v) is 4.79. The van der Waals surface area contributed by atoms with E-state index in [0.717, 1.165) is 25.5 Å². The number of hydrogen-bond acceptors (Lipinski definition) is 3. The zero-order valence-electron chi connectivity index (χ0n) is 12.5. The third-order valence-corrected chi connectivity index (χ3v) is 5.88. The van der Waals surface area contributed by atoms with E-state index in [-0.39, 0.29) is 5.41 Å². The summed E-state index contributed by atoms with van der Waals surface area (Å²) < 4.78 is 6.02. The van der Waals surface area contributed by atoms with E-state index in [1.807, 2.05) is 0 Å².